The summed E-state index contributed by atoms with van der Waals surface area (Å²) in [6.45, 7) is 4.12. The molecular weight excluding hydrogens is 886 g/mol. The van der Waals surface area contributed by atoms with Gasteiger partial charge in [0.2, 0.25) is 47.3 Å². The van der Waals surface area contributed by atoms with Gasteiger partial charge in [-0.05, 0) is 46.5 Å². The van der Waals surface area contributed by atoms with Crippen molar-refractivity contribution in [3.05, 3.63) is 0 Å². The van der Waals surface area contributed by atoms with Gasteiger partial charge in [0.1, 0.15) is 79.0 Å². The fraction of sp³-hybridized carbons (Fsp3) is 0.763. The molecule has 0 aromatic heterocycles. The lowest BCUT2D eigenvalue weighted by Crippen LogP contribution is -2.70. The van der Waals surface area contributed by atoms with Crippen LogP contribution in [0.1, 0.15) is 66.7 Å². The zero-order chi connectivity index (χ0) is 50.0. The molecular formula is C38H65N9O19. The van der Waals surface area contributed by atoms with E-state index in [9.17, 15) is 73.8 Å². The van der Waals surface area contributed by atoms with E-state index in [1.165, 1.54) is 20.8 Å². The molecule has 0 spiro atoms. The molecule has 2 aliphatic rings. The second-order valence-electron chi connectivity index (χ2n) is 15.7. The van der Waals surface area contributed by atoms with Crippen LogP contribution in [0.4, 0.5) is 0 Å². The first-order chi connectivity index (χ1) is 30.9. The van der Waals surface area contributed by atoms with Gasteiger partial charge in [0, 0.05) is 26.8 Å². The molecule has 376 valence electrons. The van der Waals surface area contributed by atoms with Gasteiger partial charge < -0.3 is 98.3 Å². The van der Waals surface area contributed by atoms with Crippen molar-refractivity contribution >= 4 is 53.2 Å². The number of carboxylic acid groups (broad SMARTS) is 1. The SMILES string of the molecule is CC(=O)NC1C(OC2C(CO)OC(O)C(NC(C)=O)C2OC(C)C(=O)NC(C)C(=O)NC(CCC(=O)NC(CCCCNC(=O)CN)C(=O)NC(C)C(=O)O)C(N)=O)OC(CO)C(O)C1O. The Balaban J connectivity index is 2.19. The summed E-state index contributed by atoms with van der Waals surface area (Å²) < 4.78 is 23.2. The summed E-state index contributed by atoms with van der Waals surface area (Å²) in [7, 11) is 0. The van der Waals surface area contributed by atoms with Gasteiger partial charge in [0.25, 0.3) is 0 Å². The molecule has 0 bridgehead atoms. The number of nitrogens with one attached hydrogen (secondary N) is 7. The minimum Gasteiger partial charge on any atom is -0.480 e. The molecule has 2 aliphatic heterocycles. The second-order valence-corrected chi connectivity index (χ2v) is 15.7. The highest BCUT2D eigenvalue weighted by Crippen LogP contribution is 2.31. The molecule has 2 saturated heterocycles. The average Bonchev–Trinajstić information content (AvgIpc) is 3.25. The topological polar surface area (TPSA) is 448 Å². The summed E-state index contributed by atoms with van der Waals surface area (Å²) in [6, 6.07) is -8.44. The molecule has 0 saturated carbocycles. The first kappa shape index (κ1) is 57.0. The normalized spacial score (nSPS) is 27.3. The third-order valence-electron chi connectivity index (χ3n) is 10.4. The van der Waals surface area contributed by atoms with Crippen molar-refractivity contribution < 1.29 is 92.7 Å². The minimum atomic E-state index is -1.88. The first-order valence-corrected chi connectivity index (χ1v) is 21.1. The highest BCUT2D eigenvalue weighted by atomic mass is 16.7. The van der Waals surface area contributed by atoms with Gasteiger partial charge in [-0.3, -0.25) is 43.2 Å². The number of carbonyl (C=O) groups is 9. The number of hydrogen-bond donors (Lipinski definition) is 15. The van der Waals surface area contributed by atoms with Gasteiger partial charge in [-0.2, -0.15) is 0 Å². The lowest BCUT2D eigenvalue weighted by Gasteiger charge is -2.48. The van der Waals surface area contributed by atoms with E-state index in [1.807, 2.05) is 0 Å². The van der Waals surface area contributed by atoms with Crippen LogP contribution in [-0.4, -0.2) is 202 Å². The number of aliphatic carboxylic acids is 1. The Labute approximate surface area is 378 Å². The molecule has 28 heteroatoms. The number of carboxylic acids is 1. The number of rotatable bonds is 26. The van der Waals surface area contributed by atoms with Crippen LogP contribution in [0.5, 0.6) is 0 Å². The van der Waals surface area contributed by atoms with E-state index in [-0.39, 0.29) is 25.9 Å². The maximum absolute atomic E-state index is 13.5. The van der Waals surface area contributed by atoms with E-state index in [4.69, 9.17) is 30.4 Å². The van der Waals surface area contributed by atoms with E-state index in [1.54, 1.807) is 0 Å². The van der Waals surface area contributed by atoms with E-state index in [0.29, 0.717) is 12.8 Å². The van der Waals surface area contributed by atoms with E-state index >= 15 is 0 Å². The highest BCUT2D eigenvalue weighted by molar-refractivity contribution is 5.93. The van der Waals surface area contributed by atoms with Crippen LogP contribution in [0.3, 0.4) is 0 Å². The molecule has 0 aliphatic carbocycles. The molecule has 66 heavy (non-hydrogen) atoms. The first-order valence-electron chi connectivity index (χ1n) is 21.1. The van der Waals surface area contributed by atoms with Crippen LogP contribution >= 0.6 is 0 Å². The molecule has 0 aromatic rings. The lowest BCUT2D eigenvalue weighted by atomic mass is 9.94. The molecule has 17 N–H and O–H groups in total. The van der Waals surface area contributed by atoms with Crippen LogP contribution in [-0.2, 0) is 62.1 Å². The number of amides is 8. The van der Waals surface area contributed by atoms with Crippen molar-refractivity contribution in [1.29, 1.82) is 0 Å². The molecule has 0 aromatic carbocycles. The Morgan fingerprint density at radius 1 is 0.682 bits per heavy atom. The molecule has 15 unspecified atom stereocenters. The van der Waals surface area contributed by atoms with Gasteiger partial charge in [-0.15, -0.1) is 0 Å². The largest absolute Gasteiger partial charge is 0.480 e. The molecule has 15 atom stereocenters. The second kappa shape index (κ2) is 27.5. The Morgan fingerprint density at radius 2 is 1.29 bits per heavy atom. The van der Waals surface area contributed by atoms with Gasteiger partial charge in [-0.25, -0.2) is 0 Å². The number of carbonyl (C=O) groups excluding carboxylic acids is 8. The number of hydrogen-bond acceptors (Lipinski definition) is 19. The standard InChI is InChI=1S/C38H65N9O19/c1-15(33(57)47-20(32(40)56)9-10-24(52)46-21(35(59)43-16(2)36(60)61)8-6-7-11-41-25(53)12-39)42-34(58)17(3)63-31-27(45-19(5)51)37(62)64-23(14-49)30(31)66-38-26(44-18(4)50)29(55)28(54)22(13-48)65-38/h15-17,20-23,26-31,37-38,48-49,54-55,62H,6-14,39H2,1-5H3,(H2,40,56)(H,41,53)(H,42,58)(H,43,59)(H,44,50)(H,45,51)(H,46,52)(H,47,57)(H,60,61). The van der Waals surface area contributed by atoms with Crippen molar-refractivity contribution in [3.63, 3.8) is 0 Å². The van der Waals surface area contributed by atoms with E-state index in [0.717, 1.165) is 13.8 Å². The summed E-state index contributed by atoms with van der Waals surface area (Å²) >= 11 is 0. The van der Waals surface area contributed by atoms with Gasteiger partial charge in [0.15, 0.2) is 12.6 Å². The number of primary amides is 1. The predicted molar refractivity (Wildman–Crippen MR) is 221 cm³/mol. The molecule has 2 rings (SSSR count). The predicted octanol–water partition coefficient (Wildman–Crippen LogP) is -8.12. The van der Waals surface area contributed by atoms with Gasteiger partial charge in [0.05, 0.1) is 19.8 Å². The van der Waals surface area contributed by atoms with Crippen LogP contribution in [0.25, 0.3) is 0 Å². The van der Waals surface area contributed by atoms with Crippen LogP contribution < -0.4 is 48.7 Å². The van der Waals surface area contributed by atoms with Crippen molar-refractivity contribution in [3.8, 4) is 0 Å². The summed E-state index contributed by atoms with van der Waals surface area (Å²) in [5, 5.41) is 78.1. The molecule has 2 heterocycles. The Hall–Kier alpha value is -5.17. The molecule has 2 fully saturated rings. The summed E-state index contributed by atoms with van der Waals surface area (Å²) in [4.78, 5) is 112. The summed E-state index contributed by atoms with van der Waals surface area (Å²) in [6.07, 6.45) is -14.9. The highest BCUT2D eigenvalue weighted by Gasteiger charge is 2.53. The number of aliphatic hydroxyl groups excluding tert-OH is 5. The monoisotopic (exact) mass is 951 g/mol. The Bertz CT molecular complexity index is 1700. The Morgan fingerprint density at radius 3 is 1.85 bits per heavy atom. The van der Waals surface area contributed by atoms with E-state index < -0.39 is 164 Å². The molecule has 0 radical (unpaired) electrons. The number of nitrogens with two attached hydrogens (primary N) is 2. The zero-order valence-corrected chi connectivity index (χ0v) is 37.2. The van der Waals surface area contributed by atoms with Crippen molar-refractivity contribution in [2.24, 2.45) is 11.5 Å². The number of unbranched alkanes of at least 4 members (excludes halogenated alkanes) is 1. The molecule has 8 amide bonds. The van der Waals surface area contributed by atoms with Gasteiger partial charge >= 0.3 is 5.97 Å². The molecule has 28 nitrogen and oxygen atoms in total. The zero-order valence-electron chi connectivity index (χ0n) is 37.2. The minimum absolute atomic E-state index is 0.0324. The van der Waals surface area contributed by atoms with Crippen LogP contribution in [0.15, 0.2) is 0 Å². The summed E-state index contributed by atoms with van der Waals surface area (Å²) in [5.74, 6) is -7.75. The van der Waals surface area contributed by atoms with Crippen LogP contribution in [0.2, 0.25) is 0 Å². The number of aliphatic hydroxyl groups is 5. The van der Waals surface area contributed by atoms with Crippen molar-refractivity contribution in [2.75, 3.05) is 26.3 Å². The summed E-state index contributed by atoms with van der Waals surface area (Å²) in [5.41, 5.74) is 10.8. The third kappa shape index (κ3) is 17.6. The maximum Gasteiger partial charge on any atom is 0.325 e. The maximum atomic E-state index is 13.5. The quantitative estimate of drug-likeness (QED) is 0.0358. The Kier molecular flexibility index (Phi) is 23.7. The smallest absolute Gasteiger partial charge is 0.325 e. The van der Waals surface area contributed by atoms with Gasteiger partial charge in [-0.1, -0.05) is 0 Å². The lowest BCUT2D eigenvalue weighted by molar-refractivity contribution is -0.333. The fourth-order valence-corrected chi connectivity index (χ4v) is 6.76. The van der Waals surface area contributed by atoms with E-state index in [2.05, 4.69) is 37.2 Å². The fourth-order valence-electron chi connectivity index (χ4n) is 6.76. The average molecular weight is 952 g/mol. The van der Waals surface area contributed by atoms with Crippen molar-refractivity contribution in [1.82, 2.24) is 37.2 Å². The van der Waals surface area contributed by atoms with Crippen molar-refractivity contribution in [2.45, 2.75) is 158 Å². The number of ether oxygens (including phenoxy) is 4. The third-order valence-corrected chi connectivity index (χ3v) is 10.4. The van der Waals surface area contributed by atoms with Crippen LogP contribution in [0, 0.1) is 0 Å².